The molecule has 36 heavy (non-hydrogen) atoms. The number of aromatic nitrogens is 2. The highest BCUT2D eigenvalue weighted by Gasteiger charge is 2.36. The van der Waals surface area contributed by atoms with Gasteiger partial charge in [-0.25, -0.2) is 4.79 Å². The van der Waals surface area contributed by atoms with Gasteiger partial charge < -0.3 is 20.3 Å². The van der Waals surface area contributed by atoms with Crippen molar-refractivity contribution in [3.8, 4) is 0 Å². The molecule has 2 aromatic rings. The van der Waals surface area contributed by atoms with E-state index in [1.54, 1.807) is 24.3 Å². The van der Waals surface area contributed by atoms with Gasteiger partial charge in [-0.05, 0) is 56.4 Å². The Morgan fingerprint density at radius 2 is 1.94 bits per heavy atom. The summed E-state index contributed by atoms with van der Waals surface area (Å²) in [6.07, 6.45) is 5.64. The van der Waals surface area contributed by atoms with Crippen molar-refractivity contribution in [2.75, 3.05) is 28.7 Å². The lowest BCUT2D eigenvalue weighted by molar-refractivity contribution is -0.123. The molecule has 2 aliphatic rings. The minimum atomic E-state index is -0.985. The van der Waals surface area contributed by atoms with Crippen molar-refractivity contribution in [3.05, 3.63) is 45.7 Å². The molecule has 4 rings (SSSR count). The molecule has 0 spiro atoms. The maximum absolute atomic E-state index is 13.1. The fraction of sp³-hybridized carbons (Fsp3) is 0.500. The van der Waals surface area contributed by atoms with Crippen LogP contribution in [0.3, 0.4) is 0 Å². The van der Waals surface area contributed by atoms with Crippen LogP contribution in [0.2, 0.25) is 0 Å². The number of amides is 2. The number of nitrogens with one attached hydrogen (secondary N) is 3. The molecule has 2 aliphatic heterocycles. The third-order valence-corrected chi connectivity index (χ3v) is 6.74. The summed E-state index contributed by atoms with van der Waals surface area (Å²) >= 11 is 0. The summed E-state index contributed by atoms with van der Waals surface area (Å²) < 4.78 is 5.20. The Morgan fingerprint density at radius 1 is 1.17 bits per heavy atom. The van der Waals surface area contributed by atoms with E-state index in [9.17, 15) is 19.2 Å². The number of ether oxygens (including phenoxy) is 1. The van der Waals surface area contributed by atoms with Crippen LogP contribution < -0.4 is 21.1 Å². The van der Waals surface area contributed by atoms with E-state index in [4.69, 9.17) is 4.74 Å². The summed E-state index contributed by atoms with van der Waals surface area (Å²) in [5, 5.41) is 5.43. The normalized spacial score (nSPS) is 19.3. The van der Waals surface area contributed by atoms with E-state index >= 15 is 0 Å². The number of hydrogen-bond donors (Lipinski definition) is 3. The number of carbonyl (C=O) groups excluding carboxylic acids is 3. The van der Waals surface area contributed by atoms with Crippen LogP contribution in [0.1, 0.15) is 80.6 Å². The number of unbranched alkanes of at least 4 members (excludes halogenated alkanes) is 1. The van der Waals surface area contributed by atoms with Gasteiger partial charge in [-0.15, -0.1) is 0 Å². The first kappa shape index (κ1) is 25.4. The molecule has 2 amide bonds. The molecule has 2 unspecified atom stereocenters. The van der Waals surface area contributed by atoms with Gasteiger partial charge in [0.25, 0.3) is 5.56 Å². The lowest BCUT2D eigenvalue weighted by Crippen LogP contribution is -2.43. The molecular weight excluding hydrogens is 462 g/mol. The van der Waals surface area contributed by atoms with Gasteiger partial charge in [0.05, 0.1) is 23.7 Å². The Hall–Kier alpha value is -3.69. The molecule has 1 fully saturated rings. The van der Waals surface area contributed by atoms with E-state index in [0.29, 0.717) is 23.8 Å². The van der Waals surface area contributed by atoms with Crippen molar-refractivity contribution in [2.45, 2.75) is 70.8 Å². The first-order valence-electron chi connectivity index (χ1n) is 12.7. The van der Waals surface area contributed by atoms with Gasteiger partial charge in [-0.1, -0.05) is 20.3 Å². The number of esters is 1. The molecule has 2 atom stereocenters. The lowest BCUT2D eigenvalue weighted by Gasteiger charge is -2.36. The number of benzene rings is 1. The van der Waals surface area contributed by atoms with Crippen molar-refractivity contribution < 1.29 is 19.1 Å². The SMILES string of the molecule is CCCCOC(=O)c1ccc(NC(=O)C2CC(=O)Nc3nc(N4CCCCC4CC)[nH]c(=O)c32)cc1. The molecule has 0 bridgehead atoms. The van der Waals surface area contributed by atoms with Gasteiger partial charge in [0.2, 0.25) is 17.8 Å². The molecule has 0 aliphatic carbocycles. The van der Waals surface area contributed by atoms with Crippen LogP contribution in [0.25, 0.3) is 0 Å². The van der Waals surface area contributed by atoms with E-state index in [1.165, 1.54) is 0 Å². The number of hydrogen-bond acceptors (Lipinski definition) is 7. The number of piperidine rings is 1. The second-order valence-electron chi connectivity index (χ2n) is 9.26. The molecule has 1 aromatic heterocycles. The Morgan fingerprint density at radius 3 is 2.67 bits per heavy atom. The summed E-state index contributed by atoms with van der Waals surface area (Å²) in [7, 11) is 0. The van der Waals surface area contributed by atoms with E-state index in [2.05, 4.69) is 32.4 Å². The molecular formula is C26H33N5O5. The van der Waals surface area contributed by atoms with Gasteiger partial charge in [-0.3, -0.25) is 19.4 Å². The fourth-order valence-electron chi connectivity index (χ4n) is 4.73. The molecule has 0 radical (unpaired) electrons. The van der Waals surface area contributed by atoms with E-state index < -0.39 is 23.4 Å². The number of H-pyrrole nitrogens is 1. The predicted octanol–water partition coefficient (Wildman–Crippen LogP) is 3.56. The average molecular weight is 496 g/mol. The highest BCUT2D eigenvalue weighted by atomic mass is 16.5. The zero-order valence-electron chi connectivity index (χ0n) is 20.8. The zero-order chi connectivity index (χ0) is 25.7. The van der Waals surface area contributed by atoms with Gasteiger partial charge in [0.1, 0.15) is 5.82 Å². The zero-order valence-corrected chi connectivity index (χ0v) is 20.8. The lowest BCUT2D eigenvalue weighted by atomic mass is 9.92. The van der Waals surface area contributed by atoms with E-state index in [1.807, 2.05) is 6.92 Å². The number of nitrogens with zero attached hydrogens (tertiary/aromatic N) is 2. The van der Waals surface area contributed by atoms with Crippen LogP contribution in [-0.4, -0.2) is 46.9 Å². The quantitative estimate of drug-likeness (QED) is 0.377. The monoisotopic (exact) mass is 495 g/mol. The smallest absolute Gasteiger partial charge is 0.338 e. The summed E-state index contributed by atoms with van der Waals surface area (Å²) in [5.74, 6) is -1.71. The van der Waals surface area contributed by atoms with Gasteiger partial charge in [-0.2, -0.15) is 4.98 Å². The van der Waals surface area contributed by atoms with Gasteiger partial charge >= 0.3 is 5.97 Å². The predicted molar refractivity (Wildman–Crippen MR) is 136 cm³/mol. The molecule has 3 heterocycles. The third-order valence-electron chi connectivity index (χ3n) is 6.74. The van der Waals surface area contributed by atoms with E-state index in [-0.39, 0.29) is 29.8 Å². The molecule has 3 N–H and O–H groups in total. The Kier molecular flexibility index (Phi) is 8.02. The first-order valence-corrected chi connectivity index (χ1v) is 12.7. The van der Waals surface area contributed by atoms with Crippen molar-refractivity contribution in [1.82, 2.24) is 9.97 Å². The number of fused-ring (bicyclic) bond motifs is 1. The molecule has 1 aromatic carbocycles. The highest BCUT2D eigenvalue weighted by molar-refractivity contribution is 6.04. The Labute approximate surface area is 209 Å². The van der Waals surface area contributed by atoms with Crippen LogP contribution in [0.5, 0.6) is 0 Å². The van der Waals surface area contributed by atoms with Crippen LogP contribution in [0.15, 0.2) is 29.1 Å². The van der Waals surface area contributed by atoms with Crippen molar-refractivity contribution in [3.63, 3.8) is 0 Å². The number of carbonyl (C=O) groups is 3. The maximum Gasteiger partial charge on any atom is 0.338 e. The number of rotatable bonds is 8. The van der Waals surface area contributed by atoms with E-state index in [0.717, 1.165) is 45.1 Å². The summed E-state index contributed by atoms with van der Waals surface area (Å²) in [6, 6.07) is 6.57. The second kappa shape index (κ2) is 11.4. The first-order chi connectivity index (χ1) is 17.4. The topological polar surface area (TPSA) is 133 Å². The molecule has 10 nitrogen and oxygen atoms in total. The van der Waals surface area contributed by atoms with Gasteiger partial charge in [0.15, 0.2) is 0 Å². The largest absolute Gasteiger partial charge is 0.462 e. The Bertz CT molecular complexity index is 1180. The summed E-state index contributed by atoms with van der Waals surface area (Å²) in [5.41, 5.74) is 0.540. The minimum absolute atomic E-state index is 0.135. The second-order valence-corrected chi connectivity index (χ2v) is 9.26. The van der Waals surface area contributed by atoms with Crippen LogP contribution in [0.4, 0.5) is 17.5 Å². The maximum atomic E-state index is 13.1. The molecule has 1 saturated heterocycles. The Balaban J connectivity index is 1.51. The molecule has 10 heteroatoms. The standard InChI is InChI=1S/C26H33N5O5/c1-3-5-14-36-25(35)16-9-11-17(12-10-16)27-23(33)19-15-20(32)28-22-21(19)24(34)30-26(29-22)31-13-7-6-8-18(31)4-2/h9-12,18-19H,3-8,13-15H2,1-2H3,(H,27,33)(H2,28,29,30,32,34). The van der Waals surface area contributed by atoms with Crippen molar-refractivity contribution in [1.29, 1.82) is 0 Å². The minimum Gasteiger partial charge on any atom is -0.462 e. The van der Waals surface area contributed by atoms with Crippen molar-refractivity contribution >= 4 is 35.2 Å². The van der Waals surface area contributed by atoms with Crippen LogP contribution >= 0.6 is 0 Å². The fourth-order valence-corrected chi connectivity index (χ4v) is 4.73. The van der Waals surface area contributed by atoms with Crippen molar-refractivity contribution in [2.24, 2.45) is 0 Å². The molecule has 192 valence electrons. The summed E-state index contributed by atoms with van der Waals surface area (Å²) in [4.78, 5) is 60.3. The average Bonchev–Trinajstić information content (AvgIpc) is 2.88. The third kappa shape index (κ3) is 5.58. The summed E-state index contributed by atoms with van der Waals surface area (Å²) in [6.45, 7) is 5.25. The van der Waals surface area contributed by atoms with Crippen LogP contribution in [-0.2, 0) is 14.3 Å². The van der Waals surface area contributed by atoms with Gasteiger partial charge in [0, 0.05) is 24.7 Å². The highest BCUT2D eigenvalue weighted by Crippen LogP contribution is 2.31. The number of anilines is 3. The number of aromatic amines is 1. The molecule has 0 saturated carbocycles. The van der Waals surface area contributed by atoms with Crippen LogP contribution in [0, 0.1) is 0 Å².